The summed E-state index contributed by atoms with van der Waals surface area (Å²) in [6, 6.07) is 4.85. The first-order valence-corrected chi connectivity index (χ1v) is 5.89. The molecule has 0 radical (unpaired) electrons. The molecule has 0 aliphatic heterocycles. The molecule has 6 heteroatoms. The Balaban J connectivity index is 3.19. The summed E-state index contributed by atoms with van der Waals surface area (Å²) in [6.07, 6.45) is 1.91. The summed E-state index contributed by atoms with van der Waals surface area (Å²) >= 11 is 1.50. The summed E-state index contributed by atoms with van der Waals surface area (Å²) in [6.45, 7) is 0. The number of anilines is 1. The van der Waals surface area contributed by atoms with Gasteiger partial charge in [-0.25, -0.2) is 0 Å². The van der Waals surface area contributed by atoms with Crippen molar-refractivity contribution in [2.24, 2.45) is 0 Å². The summed E-state index contributed by atoms with van der Waals surface area (Å²) in [5, 5.41) is 10.9. The summed E-state index contributed by atoms with van der Waals surface area (Å²) < 4.78 is 10.3. The SMILES string of the molecule is COc1cc(SC)c(OC)cc1NC(=O)C#N. The Hall–Kier alpha value is -1.87. The van der Waals surface area contributed by atoms with E-state index < -0.39 is 5.91 Å². The summed E-state index contributed by atoms with van der Waals surface area (Å²) in [7, 11) is 3.03. The Morgan fingerprint density at radius 3 is 2.47 bits per heavy atom. The van der Waals surface area contributed by atoms with Crippen LogP contribution in [-0.2, 0) is 4.79 Å². The summed E-state index contributed by atoms with van der Waals surface area (Å²) in [4.78, 5) is 11.9. The standard InChI is InChI=1S/C11H12N2O3S/c1-15-8-5-10(17-3)9(16-2)4-7(8)13-11(14)6-12/h4-5H,1-3H3,(H,13,14). The number of amides is 1. The summed E-state index contributed by atoms with van der Waals surface area (Å²) in [5.41, 5.74) is 0.411. The summed E-state index contributed by atoms with van der Waals surface area (Å²) in [5.74, 6) is 0.354. The Bertz CT molecular complexity index is 469. The van der Waals surface area contributed by atoms with E-state index in [2.05, 4.69) is 5.32 Å². The largest absolute Gasteiger partial charge is 0.496 e. The normalized spacial score (nSPS) is 9.29. The van der Waals surface area contributed by atoms with Crippen LogP contribution in [0.3, 0.4) is 0 Å². The van der Waals surface area contributed by atoms with Crippen LogP contribution < -0.4 is 14.8 Å². The molecule has 0 bridgehead atoms. The van der Waals surface area contributed by atoms with Crippen LogP contribution in [0.15, 0.2) is 17.0 Å². The first-order chi connectivity index (χ1) is 8.15. The van der Waals surface area contributed by atoms with Crippen molar-refractivity contribution < 1.29 is 14.3 Å². The van der Waals surface area contributed by atoms with Gasteiger partial charge in [-0.3, -0.25) is 4.79 Å². The molecule has 0 unspecified atom stereocenters. The van der Waals surface area contributed by atoms with Crippen LogP contribution in [0.1, 0.15) is 0 Å². The maximum absolute atomic E-state index is 11.0. The van der Waals surface area contributed by atoms with Gasteiger partial charge in [0.25, 0.3) is 0 Å². The molecule has 1 amide bonds. The van der Waals surface area contributed by atoms with Crippen LogP contribution in [-0.4, -0.2) is 26.4 Å². The number of ether oxygens (including phenoxy) is 2. The molecule has 0 spiro atoms. The van der Waals surface area contributed by atoms with E-state index in [1.165, 1.54) is 32.1 Å². The van der Waals surface area contributed by atoms with Crippen LogP contribution in [0.5, 0.6) is 11.5 Å². The number of hydrogen-bond donors (Lipinski definition) is 1. The molecule has 0 fully saturated rings. The van der Waals surface area contributed by atoms with Gasteiger partial charge in [-0.15, -0.1) is 11.8 Å². The topological polar surface area (TPSA) is 71.3 Å². The average Bonchev–Trinajstić information content (AvgIpc) is 2.37. The zero-order valence-corrected chi connectivity index (χ0v) is 10.6. The van der Waals surface area contributed by atoms with Crippen molar-refractivity contribution in [2.45, 2.75) is 4.90 Å². The molecule has 17 heavy (non-hydrogen) atoms. The Morgan fingerprint density at radius 1 is 1.35 bits per heavy atom. The Kier molecular flexibility index (Phi) is 4.67. The fraction of sp³-hybridized carbons (Fsp3) is 0.273. The first-order valence-electron chi connectivity index (χ1n) is 4.67. The number of nitriles is 1. The van der Waals surface area contributed by atoms with Gasteiger partial charge in [-0.2, -0.15) is 5.26 Å². The van der Waals surface area contributed by atoms with Crippen molar-refractivity contribution in [3.63, 3.8) is 0 Å². The molecule has 0 atom stereocenters. The zero-order chi connectivity index (χ0) is 12.8. The van der Waals surface area contributed by atoms with Crippen molar-refractivity contribution in [3.8, 4) is 17.6 Å². The maximum atomic E-state index is 11.0. The fourth-order valence-electron chi connectivity index (χ4n) is 1.28. The van der Waals surface area contributed by atoms with Gasteiger partial charge in [0.2, 0.25) is 0 Å². The van der Waals surface area contributed by atoms with Crippen LogP contribution >= 0.6 is 11.8 Å². The number of benzene rings is 1. The molecule has 0 aliphatic rings. The van der Waals surface area contributed by atoms with Crippen LogP contribution in [0.25, 0.3) is 0 Å². The zero-order valence-electron chi connectivity index (χ0n) is 9.73. The minimum atomic E-state index is -0.748. The molecule has 0 saturated carbocycles. The van der Waals surface area contributed by atoms with Crippen molar-refractivity contribution in [1.82, 2.24) is 0 Å². The van der Waals surface area contributed by atoms with E-state index in [0.29, 0.717) is 17.2 Å². The molecular weight excluding hydrogens is 240 g/mol. The van der Waals surface area contributed by atoms with Crippen molar-refractivity contribution in [1.29, 1.82) is 5.26 Å². The third-order valence-electron chi connectivity index (χ3n) is 2.06. The molecule has 0 aromatic heterocycles. The number of nitrogens with one attached hydrogen (secondary N) is 1. The lowest BCUT2D eigenvalue weighted by Gasteiger charge is -2.13. The number of hydrogen-bond acceptors (Lipinski definition) is 5. The molecule has 1 rings (SSSR count). The highest BCUT2D eigenvalue weighted by Gasteiger charge is 2.12. The van der Waals surface area contributed by atoms with E-state index in [4.69, 9.17) is 14.7 Å². The highest BCUT2D eigenvalue weighted by atomic mass is 32.2. The van der Waals surface area contributed by atoms with Gasteiger partial charge >= 0.3 is 5.91 Å². The van der Waals surface area contributed by atoms with Gasteiger partial charge in [0.1, 0.15) is 11.5 Å². The van der Waals surface area contributed by atoms with Crippen LogP contribution in [0.2, 0.25) is 0 Å². The minimum Gasteiger partial charge on any atom is -0.496 e. The van der Waals surface area contributed by atoms with Crippen molar-refractivity contribution >= 4 is 23.4 Å². The van der Waals surface area contributed by atoms with Gasteiger partial charge in [-0.1, -0.05) is 0 Å². The molecule has 0 saturated heterocycles. The van der Waals surface area contributed by atoms with Gasteiger partial charge in [-0.05, 0) is 12.3 Å². The third-order valence-corrected chi connectivity index (χ3v) is 2.81. The molecule has 1 aromatic rings. The monoisotopic (exact) mass is 252 g/mol. The molecule has 1 N–H and O–H groups in total. The highest BCUT2D eigenvalue weighted by Crippen LogP contribution is 2.37. The van der Waals surface area contributed by atoms with Gasteiger partial charge in [0, 0.05) is 6.07 Å². The van der Waals surface area contributed by atoms with Gasteiger partial charge < -0.3 is 14.8 Å². The van der Waals surface area contributed by atoms with E-state index in [1.54, 1.807) is 12.1 Å². The molecule has 1 aromatic carbocycles. The second-order valence-corrected chi connectivity index (χ2v) is 3.82. The number of nitrogens with zero attached hydrogens (tertiary/aromatic N) is 1. The number of carbonyl (C=O) groups is 1. The lowest BCUT2D eigenvalue weighted by molar-refractivity contribution is -0.111. The van der Waals surface area contributed by atoms with Gasteiger partial charge in [0.15, 0.2) is 6.07 Å². The minimum absolute atomic E-state index is 0.411. The number of rotatable bonds is 4. The predicted molar refractivity (Wildman–Crippen MR) is 65.6 cm³/mol. The van der Waals surface area contributed by atoms with Crippen LogP contribution in [0.4, 0.5) is 5.69 Å². The number of methoxy groups -OCH3 is 2. The highest BCUT2D eigenvalue weighted by molar-refractivity contribution is 7.98. The van der Waals surface area contributed by atoms with E-state index >= 15 is 0 Å². The lowest BCUT2D eigenvalue weighted by atomic mass is 10.2. The lowest BCUT2D eigenvalue weighted by Crippen LogP contribution is -2.09. The molecule has 0 aliphatic carbocycles. The maximum Gasteiger partial charge on any atom is 0.326 e. The number of thioether (sulfide) groups is 1. The molecule has 5 nitrogen and oxygen atoms in total. The second-order valence-electron chi connectivity index (χ2n) is 2.97. The van der Waals surface area contributed by atoms with Crippen molar-refractivity contribution in [2.75, 3.05) is 25.8 Å². The second kappa shape index (κ2) is 6.01. The molecule has 0 heterocycles. The fourth-order valence-corrected chi connectivity index (χ4v) is 1.85. The predicted octanol–water partition coefficient (Wildman–Crippen LogP) is 1.89. The smallest absolute Gasteiger partial charge is 0.326 e. The average molecular weight is 252 g/mol. The van der Waals surface area contributed by atoms with E-state index in [-0.39, 0.29) is 0 Å². The Labute approximate surface area is 104 Å². The van der Waals surface area contributed by atoms with E-state index in [1.807, 2.05) is 6.26 Å². The van der Waals surface area contributed by atoms with Crippen LogP contribution in [0, 0.1) is 11.3 Å². The Morgan fingerprint density at radius 2 is 2.00 bits per heavy atom. The molecule has 90 valence electrons. The quantitative estimate of drug-likeness (QED) is 0.654. The van der Waals surface area contributed by atoms with E-state index in [0.717, 1.165) is 4.90 Å². The first kappa shape index (κ1) is 13.2. The van der Waals surface area contributed by atoms with Gasteiger partial charge in [0.05, 0.1) is 24.8 Å². The van der Waals surface area contributed by atoms with Crippen molar-refractivity contribution in [3.05, 3.63) is 12.1 Å². The molecular formula is C11H12N2O3S. The third kappa shape index (κ3) is 3.04. The van der Waals surface area contributed by atoms with E-state index in [9.17, 15) is 4.79 Å². The number of carbonyl (C=O) groups excluding carboxylic acids is 1.